The van der Waals surface area contributed by atoms with Crippen molar-refractivity contribution in [1.82, 2.24) is 0 Å². The minimum Gasteiger partial charge on any atom is -0.481 e. The molecule has 0 aromatic carbocycles. The van der Waals surface area contributed by atoms with E-state index in [0.717, 1.165) is 38.5 Å². The molecule has 0 bridgehead atoms. The van der Waals surface area contributed by atoms with Crippen LogP contribution in [-0.4, -0.2) is 51.0 Å². The summed E-state index contributed by atoms with van der Waals surface area (Å²) in [6, 6.07) is 0. The van der Waals surface area contributed by atoms with E-state index in [1.807, 2.05) is 0 Å². The first-order valence-corrected chi connectivity index (χ1v) is 8.46. The number of unbranched alkanes of at least 4 members (excludes halogenated alkanes) is 4. The van der Waals surface area contributed by atoms with Gasteiger partial charge in [-0.1, -0.05) is 53.4 Å². The molecule has 23 heavy (non-hydrogen) atoms. The summed E-state index contributed by atoms with van der Waals surface area (Å²) in [5.41, 5.74) is -0.306. The molecule has 0 fully saturated rings. The predicted octanol–water partition coefficient (Wildman–Crippen LogP) is 2.53. The standard InChI is InChI=1S/C6H14O2.C6H12O2.C5H12O2/c2*1-2-3-4-5-6(7)8;1-5(2,3-6)4-7/h6-8H,2-5H2,1H3;2-5H2,1H3,(H,7,8);6-7H,3-4H2,1-2H3. The van der Waals surface area contributed by atoms with E-state index in [2.05, 4.69) is 13.8 Å². The minimum atomic E-state index is -1.10. The first kappa shape index (κ1) is 27.2. The zero-order valence-electron chi connectivity index (χ0n) is 15.3. The molecule has 0 amide bonds. The van der Waals surface area contributed by atoms with Gasteiger partial charge in [-0.05, 0) is 19.3 Å². The fourth-order valence-corrected chi connectivity index (χ4v) is 1.15. The van der Waals surface area contributed by atoms with Crippen molar-refractivity contribution in [2.45, 2.75) is 85.4 Å². The van der Waals surface area contributed by atoms with E-state index in [1.165, 1.54) is 0 Å². The molecule has 0 saturated carbocycles. The number of hydrogen-bond donors (Lipinski definition) is 5. The van der Waals surface area contributed by atoms with Crippen molar-refractivity contribution in [3.8, 4) is 0 Å². The van der Waals surface area contributed by atoms with E-state index in [1.54, 1.807) is 13.8 Å². The van der Waals surface area contributed by atoms with Crippen molar-refractivity contribution < 1.29 is 30.3 Å². The Balaban J connectivity index is -0.000000262. The highest BCUT2D eigenvalue weighted by atomic mass is 16.5. The lowest BCUT2D eigenvalue weighted by Gasteiger charge is -2.16. The van der Waals surface area contributed by atoms with E-state index in [0.29, 0.717) is 12.8 Å². The van der Waals surface area contributed by atoms with E-state index in [-0.39, 0.29) is 18.6 Å². The van der Waals surface area contributed by atoms with Gasteiger partial charge in [-0.3, -0.25) is 4.79 Å². The second-order valence-electron chi connectivity index (χ2n) is 6.31. The molecule has 0 aliphatic rings. The summed E-state index contributed by atoms with van der Waals surface area (Å²) >= 11 is 0. The van der Waals surface area contributed by atoms with E-state index < -0.39 is 12.3 Å². The van der Waals surface area contributed by atoms with Gasteiger partial charge in [0.05, 0.1) is 13.2 Å². The van der Waals surface area contributed by atoms with Crippen LogP contribution in [0.25, 0.3) is 0 Å². The number of rotatable bonds is 10. The Labute approximate surface area is 141 Å². The molecule has 6 nitrogen and oxygen atoms in total. The van der Waals surface area contributed by atoms with Crippen LogP contribution in [0.1, 0.15) is 79.1 Å². The maximum absolute atomic E-state index is 9.87. The summed E-state index contributed by atoms with van der Waals surface area (Å²) in [5.74, 6) is -0.682. The summed E-state index contributed by atoms with van der Waals surface area (Å²) in [5, 5.41) is 41.7. The molecule has 0 aliphatic carbocycles. The monoisotopic (exact) mass is 338 g/mol. The number of aliphatic hydroxyl groups is 4. The second-order valence-corrected chi connectivity index (χ2v) is 6.31. The highest BCUT2D eigenvalue weighted by Gasteiger charge is 2.13. The van der Waals surface area contributed by atoms with Gasteiger partial charge in [-0.2, -0.15) is 0 Å². The van der Waals surface area contributed by atoms with Crippen LogP contribution in [0.15, 0.2) is 0 Å². The first-order chi connectivity index (χ1) is 10.7. The zero-order chi connectivity index (χ0) is 18.7. The third-order valence-corrected chi connectivity index (χ3v) is 2.92. The Morgan fingerprint density at radius 1 is 0.913 bits per heavy atom. The van der Waals surface area contributed by atoms with Gasteiger partial charge in [-0.15, -0.1) is 0 Å². The summed E-state index contributed by atoms with van der Waals surface area (Å²) in [7, 11) is 0. The molecule has 0 heterocycles. The maximum atomic E-state index is 9.87. The van der Waals surface area contributed by atoms with Crippen LogP contribution >= 0.6 is 0 Å². The lowest BCUT2D eigenvalue weighted by Crippen LogP contribution is -2.20. The molecular formula is C17H38O6. The quantitative estimate of drug-likeness (QED) is 0.308. The third-order valence-electron chi connectivity index (χ3n) is 2.92. The largest absolute Gasteiger partial charge is 0.481 e. The Morgan fingerprint density at radius 2 is 1.35 bits per heavy atom. The molecule has 0 rings (SSSR count). The van der Waals surface area contributed by atoms with Crippen LogP contribution in [0.3, 0.4) is 0 Å². The Kier molecular flexibility index (Phi) is 22.9. The van der Waals surface area contributed by atoms with Gasteiger partial charge in [0.2, 0.25) is 0 Å². The van der Waals surface area contributed by atoms with Crippen LogP contribution in [0.2, 0.25) is 0 Å². The van der Waals surface area contributed by atoms with Crippen molar-refractivity contribution in [3.05, 3.63) is 0 Å². The molecule has 6 heteroatoms. The van der Waals surface area contributed by atoms with Crippen LogP contribution < -0.4 is 0 Å². The average Bonchev–Trinajstić information content (AvgIpc) is 2.48. The normalized spacial score (nSPS) is 10.5. The lowest BCUT2D eigenvalue weighted by atomic mass is 9.97. The SMILES string of the molecule is CC(C)(CO)CO.CCCCCC(=O)O.CCCCCC(O)O. The molecule has 0 aromatic rings. The minimum absolute atomic E-state index is 0.0451. The second kappa shape index (κ2) is 19.4. The molecule has 0 aromatic heterocycles. The summed E-state index contributed by atoms with van der Waals surface area (Å²) in [6.45, 7) is 7.83. The first-order valence-electron chi connectivity index (χ1n) is 8.46. The maximum Gasteiger partial charge on any atom is 0.303 e. The molecule has 0 spiro atoms. The summed E-state index contributed by atoms with van der Waals surface area (Å²) < 4.78 is 0. The van der Waals surface area contributed by atoms with Crippen LogP contribution in [0, 0.1) is 5.41 Å². The van der Waals surface area contributed by atoms with Crippen LogP contribution in [-0.2, 0) is 4.79 Å². The number of carboxylic acid groups (broad SMARTS) is 1. The Hall–Kier alpha value is -0.690. The molecule has 0 aliphatic heterocycles. The lowest BCUT2D eigenvalue weighted by molar-refractivity contribution is -0.137. The highest BCUT2D eigenvalue weighted by molar-refractivity contribution is 5.66. The van der Waals surface area contributed by atoms with E-state index in [9.17, 15) is 4.79 Å². The molecule has 0 unspecified atom stereocenters. The van der Waals surface area contributed by atoms with Crippen molar-refractivity contribution in [3.63, 3.8) is 0 Å². The topological polar surface area (TPSA) is 118 Å². The molecule has 0 atom stereocenters. The average molecular weight is 338 g/mol. The van der Waals surface area contributed by atoms with Gasteiger partial charge in [0.25, 0.3) is 0 Å². The van der Waals surface area contributed by atoms with Crippen molar-refractivity contribution in [2.75, 3.05) is 13.2 Å². The number of aliphatic hydroxyl groups excluding tert-OH is 3. The van der Waals surface area contributed by atoms with Crippen molar-refractivity contribution in [2.24, 2.45) is 5.41 Å². The highest BCUT2D eigenvalue weighted by Crippen LogP contribution is 2.10. The predicted molar refractivity (Wildman–Crippen MR) is 92.1 cm³/mol. The number of hydrogen-bond acceptors (Lipinski definition) is 5. The van der Waals surface area contributed by atoms with Gasteiger partial charge >= 0.3 is 5.97 Å². The molecule has 5 N–H and O–H groups in total. The van der Waals surface area contributed by atoms with Crippen molar-refractivity contribution >= 4 is 5.97 Å². The summed E-state index contributed by atoms with van der Waals surface area (Å²) in [4.78, 5) is 9.87. The number of carbonyl (C=O) groups is 1. The van der Waals surface area contributed by atoms with E-state index in [4.69, 9.17) is 25.5 Å². The van der Waals surface area contributed by atoms with Crippen LogP contribution in [0.4, 0.5) is 0 Å². The van der Waals surface area contributed by atoms with Crippen molar-refractivity contribution in [1.29, 1.82) is 0 Å². The zero-order valence-corrected chi connectivity index (χ0v) is 15.3. The molecule has 142 valence electrons. The summed E-state index contributed by atoms with van der Waals surface area (Å²) in [6.07, 6.45) is 5.85. The Bertz CT molecular complexity index is 235. The number of aliphatic carboxylic acids is 1. The molecule has 0 radical (unpaired) electrons. The number of carboxylic acids is 1. The molecular weight excluding hydrogens is 300 g/mol. The van der Waals surface area contributed by atoms with Crippen LogP contribution in [0.5, 0.6) is 0 Å². The van der Waals surface area contributed by atoms with Gasteiger partial charge in [0.15, 0.2) is 6.29 Å². The third kappa shape index (κ3) is 33.9. The van der Waals surface area contributed by atoms with Gasteiger partial charge < -0.3 is 25.5 Å². The van der Waals surface area contributed by atoms with Gasteiger partial charge in [0, 0.05) is 11.8 Å². The Morgan fingerprint density at radius 3 is 1.61 bits per heavy atom. The molecule has 0 saturated heterocycles. The van der Waals surface area contributed by atoms with Gasteiger partial charge in [0.1, 0.15) is 0 Å². The van der Waals surface area contributed by atoms with E-state index >= 15 is 0 Å². The fraction of sp³-hybridized carbons (Fsp3) is 0.941. The smallest absolute Gasteiger partial charge is 0.303 e. The fourth-order valence-electron chi connectivity index (χ4n) is 1.15. The van der Waals surface area contributed by atoms with Gasteiger partial charge in [-0.25, -0.2) is 0 Å².